The average Bonchev–Trinajstić information content (AvgIpc) is 2.28. The molecule has 0 radical (unpaired) electrons. The van der Waals surface area contributed by atoms with E-state index in [1.807, 2.05) is 23.9 Å². The third-order valence-corrected chi connectivity index (χ3v) is 3.14. The number of hydrogen-bond donors (Lipinski definition) is 2. The van der Waals surface area contributed by atoms with Crippen molar-refractivity contribution in [2.75, 3.05) is 23.5 Å². The molecule has 2 nitrogen and oxygen atoms in total. The molecule has 0 aromatic heterocycles. The molecule has 1 aromatic rings. The summed E-state index contributed by atoms with van der Waals surface area (Å²) in [4.78, 5) is 1.26. The molecule has 0 aliphatic heterocycles. The number of nitrogens with one attached hydrogen (secondary N) is 1. The van der Waals surface area contributed by atoms with Gasteiger partial charge >= 0.3 is 0 Å². The number of halogens is 1. The van der Waals surface area contributed by atoms with Crippen molar-refractivity contribution in [3.8, 4) is 0 Å². The highest BCUT2D eigenvalue weighted by Crippen LogP contribution is 2.19. The largest absolute Gasteiger partial charge is 0.390 e. The fraction of sp³-hybridized carbons (Fsp3) is 0.455. The van der Waals surface area contributed by atoms with Gasteiger partial charge in [-0.25, -0.2) is 0 Å². The molecule has 15 heavy (non-hydrogen) atoms. The molecule has 84 valence electrons. The predicted molar refractivity (Wildman–Crippen MR) is 68.1 cm³/mol. The van der Waals surface area contributed by atoms with Gasteiger partial charge in [0.1, 0.15) is 0 Å². The van der Waals surface area contributed by atoms with Crippen molar-refractivity contribution in [1.29, 1.82) is 0 Å². The van der Waals surface area contributed by atoms with Crippen LogP contribution in [0.4, 0.5) is 5.69 Å². The number of aliphatic hydroxyl groups excluding tert-OH is 1. The number of rotatable bonds is 6. The van der Waals surface area contributed by atoms with Gasteiger partial charge in [0.2, 0.25) is 0 Å². The molecule has 0 amide bonds. The van der Waals surface area contributed by atoms with E-state index >= 15 is 0 Å². The summed E-state index contributed by atoms with van der Waals surface area (Å²) in [7, 11) is 0. The second-order valence-corrected chi connectivity index (χ2v) is 4.79. The third kappa shape index (κ3) is 4.78. The first-order valence-corrected chi connectivity index (χ1v) is 6.49. The molecule has 4 heteroatoms. The Labute approximate surface area is 100 Å². The standard InChI is InChI=1S/C11H16ClNOS/c1-2-15-11-5-3-9(4-6-11)13-8-10(14)7-12/h3-6,10,13-14H,2,7-8H2,1H3. The smallest absolute Gasteiger partial charge is 0.0847 e. The van der Waals surface area contributed by atoms with Crippen LogP contribution < -0.4 is 5.32 Å². The van der Waals surface area contributed by atoms with Crippen LogP contribution in [0.5, 0.6) is 0 Å². The van der Waals surface area contributed by atoms with Gasteiger partial charge in [0.15, 0.2) is 0 Å². The van der Waals surface area contributed by atoms with Crippen molar-refractivity contribution in [3.05, 3.63) is 24.3 Å². The summed E-state index contributed by atoms with van der Waals surface area (Å²) in [6, 6.07) is 8.17. The van der Waals surface area contributed by atoms with Gasteiger partial charge in [-0.3, -0.25) is 0 Å². The number of alkyl halides is 1. The van der Waals surface area contributed by atoms with E-state index in [0.717, 1.165) is 11.4 Å². The lowest BCUT2D eigenvalue weighted by Gasteiger charge is -2.10. The molecule has 1 unspecified atom stereocenters. The van der Waals surface area contributed by atoms with Crippen molar-refractivity contribution < 1.29 is 5.11 Å². The summed E-state index contributed by atoms with van der Waals surface area (Å²) >= 11 is 7.31. The van der Waals surface area contributed by atoms with Gasteiger partial charge in [-0.05, 0) is 30.0 Å². The average molecular weight is 246 g/mol. The van der Waals surface area contributed by atoms with Crippen molar-refractivity contribution in [2.24, 2.45) is 0 Å². The molecule has 0 saturated heterocycles. The molecule has 0 bridgehead atoms. The predicted octanol–water partition coefficient (Wildman–Crippen LogP) is 2.81. The zero-order valence-corrected chi connectivity index (χ0v) is 10.3. The van der Waals surface area contributed by atoms with Crippen LogP contribution in [0.3, 0.4) is 0 Å². The number of anilines is 1. The summed E-state index contributed by atoms with van der Waals surface area (Å²) in [5.74, 6) is 1.34. The molecular formula is C11H16ClNOS. The third-order valence-electron chi connectivity index (χ3n) is 1.89. The molecule has 2 N–H and O–H groups in total. The minimum atomic E-state index is -0.489. The molecular weight excluding hydrogens is 230 g/mol. The fourth-order valence-electron chi connectivity index (χ4n) is 1.13. The van der Waals surface area contributed by atoms with Gasteiger partial charge in [0, 0.05) is 17.1 Å². The number of benzene rings is 1. The van der Waals surface area contributed by atoms with Crippen molar-refractivity contribution in [2.45, 2.75) is 17.9 Å². The maximum atomic E-state index is 9.26. The van der Waals surface area contributed by atoms with E-state index in [1.165, 1.54) is 4.90 Å². The molecule has 0 saturated carbocycles. The molecule has 0 spiro atoms. The lowest BCUT2D eigenvalue weighted by atomic mass is 10.3. The van der Waals surface area contributed by atoms with Gasteiger partial charge in [-0.2, -0.15) is 0 Å². The molecule has 0 heterocycles. The Morgan fingerprint density at radius 3 is 2.60 bits per heavy atom. The van der Waals surface area contributed by atoms with E-state index in [1.54, 1.807) is 0 Å². The number of aliphatic hydroxyl groups is 1. The Bertz CT molecular complexity index is 278. The van der Waals surface area contributed by atoms with Crippen molar-refractivity contribution in [3.63, 3.8) is 0 Å². The van der Waals surface area contributed by atoms with E-state index in [9.17, 15) is 5.11 Å². The van der Waals surface area contributed by atoms with Gasteiger partial charge < -0.3 is 10.4 Å². The highest BCUT2D eigenvalue weighted by Gasteiger charge is 2.00. The van der Waals surface area contributed by atoms with Crippen LogP contribution >= 0.6 is 23.4 Å². The minimum Gasteiger partial charge on any atom is -0.390 e. The van der Waals surface area contributed by atoms with Gasteiger partial charge in [0.25, 0.3) is 0 Å². The zero-order valence-electron chi connectivity index (χ0n) is 8.74. The van der Waals surface area contributed by atoms with Crippen LogP contribution in [0.25, 0.3) is 0 Å². The van der Waals surface area contributed by atoms with Gasteiger partial charge in [-0.1, -0.05) is 6.92 Å². The first kappa shape index (κ1) is 12.7. The van der Waals surface area contributed by atoms with Crippen LogP contribution in [0.1, 0.15) is 6.92 Å². The maximum Gasteiger partial charge on any atom is 0.0847 e. The normalized spacial score (nSPS) is 12.5. The van der Waals surface area contributed by atoms with E-state index in [2.05, 4.69) is 24.4 Å². The summed E-state index contributed by atoms with van der Waals surface area (Å²) in [5, 5.41) is 12.4. The van der Waals surface area contributed by atoms with Crippen LogP contribution in [0, 0.1) is 0 Å². The summed E-state index contributed by atoms with van der Waals surface area (Å²) < 4.78 is 0. The van der Waals surface area contributed by atoms with E-state index in [-0.39, 0.29) is 5.88 Å². The molecule has 1 atom stereocenters. The van der Waals surface area contributed by atoms with E-state index < -0.39 is 6.10 Å². The highest BCUT2D eigenvalue weighted by atomic mass is 35.5. The van der Waals surface area contributed by atoms with Crippen LogP contribution in [-0.2, 0) is 0 Å². The fourth-order valence-corrected chi connectivity index (χ4v) is 1.90. The Morgan fingerprint density at radius 1 is 1.40 bits per heavy atom. The maximum absolute atomic E-state index is 9.26. The molecule has 1 aromatic carbocycles. The van der Waals surface area contributed by atoms with Crippen molar-refractivity contribution in [1.82, 2.24) is 0 Å². The van der Waals surface area contributed by atoms with Crippen molar-refractivity contribution >= 4 is 29.1 Å². The molecule has 0 aliphatic carbocycles. The first-order valence-electron chi connectivity index (χ1n) is 4.97. The monoisotopic (exact) mass is 245 g/mol. The second-order valence-electron chi connectivity index (χ2n) is 3.15. The Morgan fingerprint density at radius 2 is 2.07 bits per heavy atom. The quantitative estimate of drug-likeness (QED) is 0.597. The van der Waals surface area contributed by atoms with Crippen LogP contribution in [0.15, 0.2) is 29.2 Å². The van der Waals surface area contributed by atoms with Crippen LogP contribution in [0.2, 0.25) is 0 Å². The number of thioether (sulfide) groups is 1. The SMILES string of the molecule is CCSc1ccc(NCC(O)CCl)cc1. The van der Waals surface area contributed by atoms with Gasteiger partial charge in [-0.15, -0.1) is 23.4 Å². The highest BCUT2D eigenvalue weighted by molar-refractivity contribution is 7.99. The lowest BCUT2D eigenvalue weighted by Crippen LogP contribution is -2.20. The van der Waals surface area contributed by atoms with E-state index in [4.69, 9.17) is 11.6 Å². The second kappa shape index (κ2) is 6.99. The van der Waals surface area contributed by atoms with Gasteiger partial charge in [0.05, 0.1) is 12.0 Å². The first-order chi connectivity index (χ1) is 7.26. The Kier molecular flexibility index (Phi) is 5.91. The topological polar surface area (TPSA) is 32.3 Å². The molecule has 0 fully saturated rings. The molecule has 1 rings (SSSR count). The molecule has 0 aliphatic rings. The lowest BCUT2D eigenvalue weighted by molar-refractivity contribution is 0.211. The minimum absolute atomic E-state index is 0.261. The summed E-state index contributed by atoms with van der Waals surface area (Å²) in [5.41, 5.74) is 1.01. The Balaban J connectivity index is 2.42. The summed E-state index contributed by atoms with van der Waals surface area (Å²) in [6.45, 7) is 2.62. The summed E-state index contributed by atoms with van der Waals surface area (Å²) in [6.07, 6.45) is -0.489. The number of hydrogen-bond acceptors (Lipinski definition) is 3. The van der Waals surface area contributed by atoms with E-state index in [0.29, 0.717) is 6.54 Å². The van der Waals surface area contributed by atoms with Crippen LogP contribution in [-0.4, -0.2) is 29.4 Å². The zero-order chi connectivity index (χ0) is 11.1. The Hall–Kier alpha value is -0.380.